The van der Waals surface area contributed by atoms with Gasteiger partial charge in [0.05, 0.1) is 17.7 Å². The fraction of sp³-hybridized carbons (Fsp3) is 0.364. The van der Waals surface area contributed by atoms with Crippen LogP contribution in [0.25, 0.3) is 0 Å². The lowest BCUT2D eigenvalue weighted by Gasteiger charge is -2.10. The van der Waals surface area contributed by atoms with Crippen molar-refractivity contribution in [3.63, 3.8) is 0 Å². The lowest BCUT2D eigenvalue weighted by Crippen LogP contribution is -2.12. The molecule has 0 radical (unpaired) electrons. The van der Waals surface area contributed by atoms with Gasteiger partial charge in [0.2, 0.25) is 0 Å². The van der Waals surface area contributed by atoms with Crippen LogP contribution in [-0.4, -0.2) is 18.5 Å². The molecule has 0 N–H and O–H groups in total. The monoisotopic (exact) mass is 354 g/mol. The maximum atomic E-state index is 12.5. The summed E-state index contributed by atoms with van der Waals surface area (Å²) in [6.07, 6.45) is 4.74. The molecule has 0 amide bonds. The molecule has 0 atom stereocenters. The number of para-hydroxylation sites is 1. The van der Waals surface area contributed by atoms with Crippen LogP contribution in [0.4, 0.5) is 0 Å². The van der Waals surface area contributed by atoms with Crippen molar-refractivity contribution in [3.8, 4) is 5.75 Å². The van der Waals surface area contributed by atoms with Crippen molar-refractivity contribution >= 4 is 11.9 Å². The van der Waals surface area contributed by atoms with Gasteiger partial charge in [0, 0.05) is 0 Å². The molecule has 26 heavy (non-hydrogen) atoms. The average Bonchev–Trinajstić information content (AvgIpc) is 2.67. The van der Waals surface area contributed by atoms with Gasteiger partial charge < -0.3 is 9.47 Å². The Bertz CT molecular complexity index is 736. The molecule has 0 bridgehead atoms. The number of rotatable bonds is 9. The predicted molar refractivity (Wildman–Crippen MR) is 102 cm³/mol. The van der Waals surface area contributed by atoms with Crippen LogP contribution in [0.1, 0.15) is 65.8 Å². The van der Waals surface area contributed by atoms with Crippen molar-refractivity contribution in [2.24, 2.45) is 0 Å². The fourth-order valence-corrected chi connectivity index (χ4v) is 2.61. The van der Waals surface area contributed by atoms with E-state index in [2.05, 4.69) is 13.8 Å². The highest BCUT2D eigenvalue weighted by Crippen LogP contribution is 2.21. The second-order valence-electron chi connectivity index (χ2n) is 6.17. The summed E-state index contributed by atoms with van der Waals surface area (Å²) in [5, 5.41) is 0. The molecule has 0 aliphatic rings. The number of benzene rings is 2. The molecule has 0 aromatic heterocycles. The lowest BCUT2D eigenvalue weighted by atomic mass is 10.1. The van der Waals surface area contributed by atoms with E-state index in [0.717, 1.165) is 37.7 Å². The van der Waals surface area contributed by atoms with Gasteiger partial charge in [-0.25, -0.2) is 9.59 Å². The highest BCUT2D eigenvalue weighted by molar-refractivity contribution is 5.96. The van der Waals surface area contributed by atoms with Gasteiger partial charge >= 0.3 is 11.9 Å². The predicted octanol–water partition coefficient (Wildman–Crippen LogP) is 5.21. The molecule has 0 heterocycles. The van der Waals surface area contributed by atoms with Crippen molar-refractivity contribution in [2.75, 3.05) is 6.61 Å². The van der Waals surface area contributed by atoms with Gasteiger partial charge in [0.15, 0.2) is 0 Å². The first kappa shape index (κ1) is 19.7. The van der Waals surface area contributed by atoms with Crippen LogP contribution in [-0.2, 0) is 11.2 Å². The molecule has 0 saturated heterocycles. The standard InChI is InChI=1S/C22H26O4/c1-3-5-8-15-25-21(23)18-12-9-13-19(16-18)22(24)26-20-14-7-6-11-17(20)10-4-2/h6-7,9,11-14,16H,3-5,8,10,15H2,1-2H3. The quantitative estimate of drug-likeness (QED) is 0.352. The topological polar surface area (TPSA) is 52.6 Å². The van der Waals surface area contributed by atoms with Crippen LogP contribution in [0.15, 0.2) is 48.5 Å². The van der Waals surface area contributed by atoms with Gasteiger partial charge in [-0.05, 0) is 42.7 Å². The van der Waals surface area contributed by atoms with Crippen LogP contribution >= 0.6 is 0 Å². The van der Waals surface area contributed by atoms with Gasteiger partial charge in [-0.2, -0.15) is 0 Å². The molecule has 0 aliphatic carbocycles. The molecule has 2 rings (SSSR count). The zero-order valence-electron chi connectivity index (χ0n) is 15.5. The number of hydrogen-bond acceptors (Lipinski definition) is 4. The Labute approximate surface area is 155 Å². The van der Waals surface area contributed by atoms with E-state index in [9.17, 15) is 9.59 Å². The Balaban J connectivity index is 2.05. The third-order valence-electron chi connectivity index (χ3n) is 4.01. The molecule has 138 valence electrons. The van der Waals surface area contributed by atoms with E-state index in [1.54, 1.807) is 24.3 Å². The maximum absolute atomic E-state index is 12.5. The van der Waals surface area contributed by atoms with E-state index >= 15 is 0 Å². The van der Waals surface area contributed by atoms with Gasteiger partial charge in [0.25, 0.3) is 0 Å². The molecule has 2 aromatic carbocycles. The minimum absolute atomic E-state index is 0.333. The maximum Gasteiger partial charge on any atom is 0.343 e. The zero-order chi connectivity index (χ0) is 18.8. The van der Waals surface area contributed by atoms with Gasteiger partial charge in [0.1, 0.15) is 5.75 Å². The van der Waals surface area contributed by atoms with Crippen molar-refractivity contribution in [1.29, 1.82) is 0 Å². The van der Waals surface area contributed by atoms with E-state index < -0.39 is 11.9 Å². The van der Waals surface area contributed by atoms with Crippen molar-refractivity contribution in [2.45, 2.75) is 46.0 Å². The summed E-state index contributed by atoms with van der Waals surface area (Å²) >= 11 is 0. The summed E-state index contributed by atoms with van der Waals surface area (Å²) < 4.78 is 10.8. The number of carbonyl (C=O) groups excluding carboxylic acids is 2. The van der Waals surface area contributed by atoms with Crippen LogP contribution in [0.3, 0.4) is 0 Å². The molecular formula is C22H26O4. The number of esters is 2. The Morgan fingerprint density at radius 2 is 1.58 bits per heavy atom. The van der Waals surface area contributed by atoms with E-state index in [0.29, 0.717) is 23.5 Å². The minimum Gasteiger partial charge on any atom is -0.462 e. The van der Waals surface area contributed by atoms with Crippen LogP contribution in [0, 0.1) is 0 Å². The summed E-state index contributed by atoms with van der Waals surface area (Å²) in [6.45, 7) is 4.56. The van der Waals surface area contributed by atoms with E-state index in [4.69, 9.17) is 9.47 Å². The largest absolute Gasteiger partial charge is 0.462 e. The Morgan fingerprint density at radius 3 is 2.31 bits per heavy atom. The first-order valence-corrected chi connectivity index (χ1v) is 9.23. The molecule has 0 saturated carbocycles. The third-order valence-corrected chi connectivity index (χ3v) is 4.01. The summed E-state index contributed by atoms with van der Waals surface area (Å²) in [4.78, 5) is 24.6. The third kappa shape index (κ3) is 5.73. The van der Waals surface area contributed by atoms with Crippen molar-refractivity contribution in [3.05, 3.63) is 65.2 Å². The van der Waals surface area contributed by atoms with Crippen LogP contribution < -0.4 is 4.74 Å². The summed E-state index contributed by atoms with van der Waals surface area (Å²) in [5.41, 5.74) is 1.69. The molecule has 2 aromatic rings. The zero-order valence-corrected chi connectivity index (χ0v) is 15.5. The molecule has 0 fully saturated rings. The average molecular weight is 354 g/mol. The highest BCUT2D eigenvalue weighted by Gasteiger charge is 2.14. The molecule has 0 aliphatic heterocycles. The summed E-state index contributed by atoms with van der Waals surface area (Å²) in [5.74, 6) is -0.330. The Morgan fingerprint density at radius 1 is 0.846 bits per heavy atom. The van der Waals surface area contributed by atoms with Gasteiger partial charge in [-0.1, -0.05) is 57.4 Å². The summed E-state index contributed by atoms with van der Waals surface area (Å²) in [6, 6.07) is 14.0. The number of hydrogen-bond donors (Lipinski definition) is 0. The molecule has 0 unspecified atom stereocenters. The van der Waals surface area contributed by atoms with E-state index in [-0.39, 0.29) is 0 Å². The number of unbranched alkanes of at least 4 members (excludes halogenated alkanes) is 2. The van der Waals surface area contributed by atoms with E-state index in [1.807, 2.05) is 18.2 Å². The smallest absolute Gasteiger partial charge is 0.343 e. The first-order valence-electron chi connectivity index (χ1n) is 9.23. The van der Waals surface area contributed by atoms with Crippen LogP contribution in [0.2, 0.25) is 0 Å². The molecule has 4 nitrogen and oxygen atoms in total. The van der Waals surface area contributed by atoms with Crippen LogP contribution in [0.5, 0.6) is 5.75 Å². The van der Waals surface area contributed by atoms with E-state index in [1.165, 1.54) is 6.07 Å². The Kier molecular flexibility index (Phi) is 7.87. The number of carbonyl (C=O) groups is 2. The van der Waals surface area contributed by atoms with Crippen molar-refractivity contribution < 1.29 is 19.1 Å². The fourth-order valence-electron chi connectivity index (χ4n) is 2.61. The number of aryl methyl sites for hydroxylation is 1. The molecular weight excluding hydrogens is 328 g/mol. The second-order valence-corrected chi connectivity index (χ2v) is 6.17. The van der Waals surface area contributed by atoms with Gasteiger partial charge in [-0.15, -0.1) is 0 Å². The SMILES string of the molecule is CCCCCOC(=O)c1cccc(C(=O)Oc2ccccc2CCC)c1. The number of ether oxygens (including phenoxy) is 2. The highest BCUT2D eigenvalue weighted by atomic mass is 16.5. The molecule has 0 spiro atoms. The van der Waals surface area contributed by atoms with Crippen molar-refractivity contribution in [1.82, 2.24) is 0 Å². The summed E-state index contributed by atoms with van der Waals surface area (Å²) in [7, 11) is 0. The first-order chi connectivity index (χ1) is 12.7. The normalized spacial score (nSPS) is 10.4. The minimum atomic E-state index is -0.478. The molecule has 4 heteroatoms. The van der Waals surface area contributed by atoms with Gasteiger partial charge in [-0.3, -0.25) is 0 Å². The lowest BCUT2D eigenvalue weighted by molar-refractivity contribution is 0.0498. The second kappa shape index (κ2) is 10.4. The Hall–Kier alpha value is -2.62.